The summed E-state index contributed by atoms with van der Waals surface area (Å²) in [5.41, 5.74) is 8.38. The molecule has 4 heteroatoms. The van der Waals surface area contributed by atoms with E-state index >= 15 is 0 Å². The topological polar surface area (TPSA) is 32.5 Å². The average molecular weight is 296 g/mol. The van der Waals surface area contributed by atoms with E-state index in [0.717, 1.165) is 36.8 Å². The summed E-state index contributed by atoms with van der Waals surface area (Å²) in [6.45, 7) is 11.6. The number of benzene rings is 1. The van der Waals surface area contributed by atoms with Gasteiger partial charge in [-0.1, -0.05) is 23.7 Å². The molecular weight excluding hydrogens is 270 g/mol. The highest BCUT2D eigenvalue weighted by atomic mass is 35.5. The number of halogens is 1. The van der Waals surface area contributed by atoms with Crippen molar-refractivity contribution in [2.45, 2.75) is 32.9 Å². The predicted octanol–water partition coefficient (Wildman–Crippen LogP) is 2.67. The van der Waals surface area contributed by atoms with Gasteiger partial charge in [0.15, 0.2) is 0 Å². The van der Waals surface area contributed by atoms with Gasteiger partial charge in [-0.3, -0.25) is 9.80 Å². The Kier molecular flexibility index (Phi) is 5.44. The molecule has 20 heavy (non-hydrogen) atoms. The number of aryl methyl sites for hydroxylation is 1. The summed E-state index contributed by atoms with van der Waals surface area (Å²) >= 11 is 6.25. The number of nitrogens with zero attached hydrogens (tertiary/aromatic N) is 2. The molecule has 0 aromatic heterocycles. The van der Waals surface area contributed by atoms with Crippen molar-refractivity contribution in [3.05, 3.63) is 34.3 Å². The quantitative estimate of drug-likeness (QED) is 0.927. The zero-order chi connectivity index (χ0) is 14.7. The first-order valence-corrected chi connectivity index (χ1v) is 7.85. The van der Waals surface area contributed by atoms with Gasteiger partial charge >= 0.3 is 0 Å². The highest BCUT2D eigenvalue weighted by molar-refractivity contribution is 6.31. The van der Waals surface area contributed by atoms with Crippen molar-refractivity contribution in [2.24, 2.45) is 5.73 Å². The van der Waals surface area contributed by atoms with Crippen molar-refractivity contribution in [3.63, 3.8) is 0 Å². The minimum atomic E-state index is 0.280. The molecule has 1 fully saturated rings. The third kappa shape index (κ3) is 3.53. The number of piperazine rings is 1. The molecule has 1 unspecified atom stereocenters. The first kappa shape index (κ1) is 15.8. The van der Waals surface area contributed by atoms with Crippen LogP contribution in [-0.2, 0) is 0 Å². The molecule has 0 bridgehead atoms. The van der Waals surface area contributed by atoms with Crippen molar-refractivity contribution in [3.8, 4) is 0 Å². The third-order valence-electron chi connectivity index (χ3n) is 4.32. The summed E-state index contributed by atoms with van der Waals surface area (Å²) in [7, 11) is 0. The molecule has 1 aliphatic heterocycles. The Morgan fingerprint density at radius 2 is 1.75 bits per heavy atom. The Morgan fingerprint density at radius 1 is 1.15 bits per heavy atom. The van der Waals surface area contributed by atoms with Gasteiger partial charge in [0.25, 0.3) is 0 Å². The maximum atomic E-state index is 6.25. The number of rotatable bonds is 4. The molecule has 2 N–H and O–H groups in total. The minimum Gasteiger partial charge on any atom is -0.329 e. The maximum Gasteiger partial charge on any atom is 0.0472 e. The van der Waals surface area contributed by atoms with Gasteiger partial charge in [-0.05, 0) is 38.0 Å². The summed E-state index contributed by atoms with van der Waals surface area (Å²) in [6, 6.07) is 7.23. The lowest BCUT2D eigenvalue weighted by Crippen LogP contribution is -2.50. The standard InChI is InChI=1S/C16H26ClN3/c1-12(2)19-6-8-20(9-7-19)16(11-18)14-5-4-13(3)15(17)10-14/h4-5,10,12,16H,6-9,11,18H2,1-3H3. The molecule has 1 saturated heterocycles. The lowest BCUT2D eigenvalue weighted by molar-refractivity contribution is 0.0802. The Balaban J connectivity index is 2.07. The fourth-order valence-corrected chi connectivity index (χ4v) is 3.07. The van der Waals surface area contributed by atoms with Crippen LogP contribution in [0.15, 0.2) is 18.2 Å². The van der Waals surface area contributed by atoms with Crippen molar-refractivity contribution in [1.82, 2.24) is 9.80 Å². The molecule has 3 nitrogen and oxygen atoms in total. The summed E-state index contributed by atoms with van der Waals surface area (Å²) in [6.07, 6.45) is 0. The summed E-state index contributed by atoms with van der Waals surface area (Å²) in [5.74, 6) is 0. The largest absolute Gasteiger partial charge is 0.329 e. The van der Waals surface area contributed by atoms with Gasteiger partial charge in [0, 0.05) is 49.8 Å². The SMILES string of the molecule is Cc1ccc(C(CN)N2CCN(C(C)C)CC2)cc1Cl. The lowest BCUT2D eigenvalue weighted by atomic mass is 10.0. The minimum absolute atomic E-state index is 0.280. The fourth-order valence-electron chi connectivity index (χ4n) is 2.88. The Labute approximate surface area is 127 Å². The van der Waals surface area contributed by atoms with E-state index in [1.54, 1.807) is 0 Å². The van der Waals surface area contributed by atoms with Crippen LogP contribution < -0.4 is 5.73 Å². The first-order valence-electron chi connectivity index (χ1n) is 7.47. The summed E-state index contributed by atoms with van der Waals surface area (Å²) in [5, 5.41) is 0.835. The Morgan fingerprint density at radius 3 is 2.25 bits per heavy atom. The van der Waals surface area contributed by atoms with E-state index in [9.17, 15) is 0 Å². The van der Waals surface area contributed by atoms with Gasteiger partial charge in [-0.2, -0.15) is 0 Å². The van der Waals surface area contributed by atoms with Crippen LogP contribution in [0.5, 0.6) is 0 Å². The van der Waals surface area contributed by atoms with Crippen molar-refractivity contribution >= 4 is 11.6 Å². The zero-order valence-corrected chi connectivity index (χ0v) is 13.5. The van der Waals surface area contributed by atoms with Crippen LogP contribution >= 0.6 is 11.6 Å². The second-order valence-corrected chi connectivity index (χ2v) is 6.33. The van der Waals surface area contributed by atoms with E-state index < -0.39 is 0 Å². The van der Waals surface area contributed by atoms with Crippen molar-refractivity contribution in [1.29, 1.82) is 0 Å². The molecule has 0 amide bonds. The van der Waals surface area contributed by atoms with Crippen molar-refractivity contribution in [2.75, 3.05) is 32.7 Å². The van der Waals surface area contributed by atoms with E-state index in [1.807, 2.05) is 6.92 Å². The van der Waals surface area contributed by atoms with Crippen LogP contribution in [0, 0.1) is 6.92 Å². The third-order valence-corrected chi connectivity index (χ3v) is 4.73. The number of nitrogens with two attached hydrogens (primary N) is 1. The summed E-state index contributed by atoms with van der Waals surface area (Å²) < 4.78 is 0. The van der Waals surface area contributed by atoms with Crippen LogP contribution in [-0.4, -0.2) is 48.6 Å². The van der Waals surface area contributed by atoms with Crippen LogP contribution in [0.25, 0.3) is 0 Å². The molecular formula is C16H26ClN3. The molecule has 0 radical (unpaired) electrons. The van der Waals surface area contributed by atoms with Gasteiger partial charge in [-0.15, -0.1) is 0 Å². The molecule has 0 aliphatic carbocycles. The zero-order valence-electron chi connectivity index (χ0n) is 12.8. The average Bonchev–Trinajstić information content (AvgIpc) is 2.44. The van der Waals surface area contributed by atoms with Crippen molar-refractivity contribution < 1.29 is 0 Å². The Bertz CT molecular complexity index is 439. The normalized spacial score (nSPS) is 19.5. The molecule has 1 heterocycles. The monoisotopic (exact) mass is 295 g/mol. The molecule has 2 rings (SSSR count). The Hall–Kier alpha value is -0.610. The lowest BCUT2D eigenvalue weighted by Gasteiger charge is -2.40. The van der Waals surface area contributed by atoms with Gasteiger partial charge in [0.1, 0.15) is 0 Å². The number of hydrogen-bond acceptors (Lipinski definition) is 3. The van der Waals surface area contributed by atoms with Gasteiger partial charge < -0.3 is 5.73 Å². The molecule has 1 aliphatic rings. The van der Waals surface area contributed by atoms with Gasteiger partial charge in [0.05, 0.1) is 0 Å². The second kappa shape index (κ2) is 6.90. The van der Waals surface area contributed by atoms with Gasteiger partial charge in [-0.25, -0.2) is 0 Å². The molecule has 112 valence electrons. The van der Waals surface area contributed by atoms with Gasteiger partial charge in [0.2, 0.25) is 0 Å². The van der Waals surface area contributed by atoms with Crippen LogP contribution in [0.4, 0.5) is 0 Å². The van der Waals surface area contributed by atoms with Crippen LogP contribution in [0.1, 0.15) is 31.0 Å². The molecule has 0 saturated carbocycles. The second-order valence-electron chi connectivity index (χ2n) is 5.93. The highest BCUT2D eigenvalue weighted by Crippen LogP contribution is 2.26. The summed E-state index contributed by atoms with van der Waals surface area (Å²) in [4.78, 5) is 5.01. The van der Waals surface area contributed by atoms with E-state index in [4.69, 9.17) is 17.3 Å². The highest BCUT2D eigenvalue weighted by Gasteiger charge is 2.25. The first-order chi connectivity index (χ1) is 9.52. The smallest absolute Gasteiger partial charge is 0.0472 e. The maximum absolute atomic E-state index is 6.25. The molecule has 1 aromatic rings. The van der Waals surface area contributed by atoms with E-state index in [-0.39, 0.29) is 6.04 Å². The fraction of sp³-hybridized carbons (Fsp3) is 0.625. The van der Waals surface area contributed by atoms with E-state index in [0.29, 0.717) is 12.6 Å². The van der Waals surface area contributed by atoms with E-state index in [1.165, 1.54) is 5.56 Å². The number of hydrogen-bond donors (Lipinski definition) is 1. The molecule has 1 aromatic carbocycles. The van der Waals surface area contributed by atoms with Crippen LogP contribution in [0.2, 0.25) is 5.02 Å². The molecule has 1 atom stereocenters. The predicted molar refractivity (Wildman–Crippen MR) is 86.3 cm³/mol. The molecule has 0 spiro atoms. The van der Waals surface area contributed by atoms with E-state index in [2.05, 4.69) is 41.8 Å². The van der Waals surface area contributed by atoms with Crippen LogP contribution in [0.3, 0.4) is 0 Å².